The van der Waals surface area contributed by atoms with Crippen molar-refractivity contribution in [2.24, 2.45) is 0 Å². The molecule has 1 aromatic rings. The minimum absolute atomic E-state index is 0.0324. The topological polar surface area (TPSA) is 70.4 Å². The molecule has 20 heavy (non-hydrogen) atoms. The van der Waals surface area contributed by atoms with E-state index in [0.29, 0.717) is 12.6 Å². The summed E-state index contributed by atoms with van der Waals surface area (Å²) in [6.45, 7) is 3.63. The molecule has 1 aromatic heterocycles. The van der Waals surface area contributed by atoms with Crippen LogP contribution in [0.1, 0.15) is 31.4 Å². The maximum atomic E-state index is 12.4. The zero-order valence-corrected chi connectivity index (χ0v) is 11.7. The van der Waals surface area contributed by atoms with Crippen LogP contribution in [0.25, 0.3) is 0 Å². The average Bonchev–Trinajstić information content (AvgIpc) is 3.17. The van der Waals surface area contributed by atoms with Gasteiger partial charge in [0.2, 0.25) is 5.91 Å². The number of hydrogen-bond donors (Lipinski definition) is 2. The van der Waals surface area contributed by atoms with E-state index < -0.39 is 0 Å². The van der Waals surface area contributed by atoms with Gasteiger partial charge in [-0.05, 0) is 45.3 Å². The molecule has 1 unspecified atom stereocenters. The molecule has 6 heteroatoms. The van der Waals surface area contributed by atoms with Gasteiger partial charge in [0.25, 0.3) is 0 Å². The van der Waals surface area contributed by atoms with Gasteiger partial charge in [-0.3, -0.25) is 9.69 Å². The Morgan fingerprint density at radius 2 is 2.30 bits per heavy atom. The van der Waals surface area contributed by atoms with Crippen molar-refractivity contribution in [1.82, 2.24) is 20.7 Å². The summed E-state index contributed by atoms with van der Waals surface area (Å²) in [4.78, 5) is 14.8. The fourth-order valence-corrected chi connectivity index (χ4v) is 3.27. The number of nitrogens with zero attached hydrogens (tertiary/aromatic N) is 2. The molecule has 110 valence electrons. The summed E-state index contributed by atoms with van der Waals surface area (Å²) in [5.41, 5.74) is 0.768. The molecule has 0 bridgehead atoms. The Balaban J connectivity index is 1.55. The van der Waals surface area contributed by atoms with Crippen molar-refractivity contribution >= 4 is 5.91 Å². The smallest absolute Gasteiger partial charge is 0.237 e. The number of likely N-dealkylation sites (tertiary alicyclic amines) is 1. The highest BCUT2D eigenvalue weighted by Crippen LogP contribution is 2.24. The molecule has 2 fully saturated rings. The largest absolute Gasteiger partial charge is 0.364 e. The fraction of sp³-hybridized carbons (Fsp3) is 0.714. The molecule has 0 aromatic carbocycles. The van der Waals surface area contributed by atoms with Gasteiger partial charge in [-0.1, -0.05) is 5.16 Å². The van der Waals surface area contributed by atoms with Crippen molar-refractivity contribution in [2.45, 2.75) is 44.3 Å². The van der Waals surface area contributed by atoms with Gasteiger partial charge in [0.15, 0.2) is 0 Å². The van der Waals surface area contributed by atoms with Crippen LogP contribution >= 0.6 is 0 Å². The van der Waals surface area contributed by atoms with Crippen LogP contribution < -0.4 is 10.6 Å². The third-order valence-corrected chi connectivity index (χ3v) is 4.31. The van der Waals surface area contributed by atoms with Crippen LogP contribution in [0.2, 0.25) is 0 Å². The van der Waals surface area contributed by atoms with Crippen molar-refractivity contribution in [3.8, 4) is 0 Å². The molecule has 6 nitrogen and oxygen atoms in total. The Bertz CT molecular complexity index is 428. The van der Waals surface area contributed by atoms with Gasteiger partial charge in [-0.2, -0.15) is 0 Å². The lowest BCUT2D eigenvalue weighted by Gasteiger charge is -2.35. The number of carbonyl (C=O) groups is 1. The van der Waals surface area contributed by atoms with Gasteiger partial charge >= 0.3 is 0 Å². The Kier molecular flexibility index (Phi) is 4.32. The predicted molar refractivity (Wildman–Crippen MR) is 74.0 cm³/mol. The van der Waals surface area contributed by atoms with Gasteiger partial charge < -0.3 is 15.2 Å². The zero-order valence-electron chi connectivity index (χ0n) is 11.7. The van der Waals surface area contributed by atoms with E-state index in [2.05, 4.69) is 20.7 Å². The second-order valence-electron chi connectivity index (χ2n) is 5.59. The number of aromatic nitrogens is 1. The Hall–Kier alpha value is -1.40. The molecule has 0 radical (unpaired) electrons. The first-order valence-corrected chi connectivity index (χ1v) is 7.48. The first kappa shape index (κ1) is 13.6. The van der Waals surface area contributed by atoms with Crippen molar-refractivity contribution < 1.29 is 9.32 Å². The van der Waals surface area contributed by atoms with E-state index in [4.69, 9.17) is 4.52 Å². The highest BCUT2D eigenvalue weighted by atomic mass is 16.5. The van der Waals surface area contributed by atoms with Crippen molar-refractivity contribution in [3.05, 3.63) is 18.0 Å². The number of piperidine rings is 1. The van der Waals surface area contributed by atoms with Crippen LogP contribution in [0.3, 0.4) is 0 Å². The number of rotatable bonds is 4. The summed E-state index contributed by atoms with van der Waals surface area (Å²) in [5, 5.41) is 10.2. The maximum Gasteiger partial charge on any atom is 0.237 e. The van der Waals surface area contributed by atoms with E-state index in [-0.39, 0.29) is 11.9 Å². The molecular weight excluding hydrogens is 256 g/mol. The quantitative estimate of drug-likeness (QED) is 0.839. The third kappa shape index (κ3) is 3.02. The molecule has 3 rings (SSSR count). The molecule has 1 atom stereocenters. The van der Waals surface area contributed by atoms with E-state index in [0.717, 1.165) is 51.0 Å². The molecule has 0 aliphatic carbocycles. The molecular formula is C14H22N4O2. The first-order chi connectivity index (χ1) is 9.84. The standard InChI is InChI=1S/C14H22N4O2/c19-14(16-10-11-5-9-20-17-11)13-2-1-8-18(13)12-3-6-15-7-4-12/h5,9,12-13,15H,1-4,6-8,10H2,(H,16,19). The molecule has 3 heterocycles. The maximum absolute atomic E-state index is 12.4. The van der Waals surface area contributed by atoms with Gasteiger partial charge in [0.1, 0.15) is 12.0 Å². The number of amides is 1. The minimum atomic E-state index is 0.0324. The molecule has 0 spiro atoms. The van der Waals surface area contributed by atoms with E-state index in [1.165, 1.54) is 6.26 Å². The minimum Gasteiger partial charge on any atom is -0.364 e. The summed E-state index contributed by atoms with van der Waals surface area (Å²) >= 11 is 0. The molecule has 2 aliphatic heterocycles. The van der Waals surface area contributed by atoms with Gasteiger partial charge in [0, 0.05) is 12.1 Å². The molecule has 2 N–H and O–H groups in total. The second-order valence-corrected chi connectivity index (χ2v) is 5.59. The van der Waals surface area contributed by atoms with Crippen LogP contribution in [0, 0.1) is 0 Å². The summed E-state index contributed by atoms with van der Waals surface area (Å²) in [6, 6.07) is 2.37. The van der Waals surface area contributed by atoms with Crippen LogP contribution in [-0.2, 0) is 11.3 Å². The predicted octanol–water partition coefficient (Wildman–Crippen LogP) is 0.507. The van der Waals surface area contributed by atoms with E-state index >= 15 is 0 Å². The zero-order chi connectivity index (χ0) is 13.8. The van der Waals surface area contributed by atoms with Crippen LogP contribution in [-0.4, -0.2) is 47.7 Å². The molecule has 2 aliphatic rings. The third-order valence-electron chi connectivity index (χ3n) is 4.31. The normalized spacial score (nSPS) is 24.9. The fourth-order valence-electron chi connectivity index (χ4n) is 3.27. The van der Waals surface area contributed by atoms with Crippen molar-refractivity contribution in [1.29, 1.82) is 0 Å². The lowest BCUT2D eigenvalue weighted by molar-refractivity contribution is -0.126. The van der Waals surface area contributed by atoms with Gasteiger partial charge in [-0.25, -0.2) is 0 Å². The number of nitrogens with one attached hydrogen (secondary N) is 2. The number of hydrogen-bond acceptors (Lipinski definition) is 5. The highest BCUT2D eigenvalue weighted by molar-refractivity contribution is 5.82. The Morgan fingerprint density at radius 1 is 1.45 bits per heavy atom. The average molecular weight is 278 g/mol. The molecule has 1 amide bonds. The SMILES string of the molecule is O=C(NCc1ccon1)C1CCCN1C1CCNCC1. The Morgan fingerprint density at radius 3 is 3.05 bits per heavy atom. The summed E-state index contributed by atoms with van der Waals surface area (Å²) in [5.74, 6) is 0.129. The van der Waals surface area contributed by atoms with Crippen molar-refractivity contribution in [2.75, 3.05) is 19.6 Å². The molecule has 0 saturated carbocycles. The van der Waals surface area contributed by atoms with Crippen molar-refractivity contribution in [3.63, 3.8) is 0 Å². The lowest BCUT2D eigenvalue weighted by Crippen LogP contribution is -2.50. The van der Waals surface area contributed by atoms with Gasteiger partial charge in [0.05, 0.1) is 12.6 Å². The van der Waals surface area contributed by atoms with E-state index in [1.807, 2.05) is 0 Å². The summed E-state index contributed by atoms with van der Waals surface area (Å²) in [6.07, 6.45) is 5.90. The Labute approximate surface area is 118 Å². The van der Waals surface area contributed by atoms with E-state index in [9.17, 15) is 4.79 Å². The van der Waals surface area contributed by atoms with E-state index in [1.54, 1.807) is 6.07 Å². The lowest BCUT2D eigenvalue weighted by atomic mass is 10.0. The first-order valence-electron chi connectivity index (χ1n) is 7.48. The number of carbonyl (C=O) groups excluding carboxylic acids is 1. The molecule has 2 saturated heterocycles. The summed E-state index contributed by atoms with van der Waals surface area (Å²) < 4.78 is 4.77. The second kappa shape index (κ2) is 6.37. The summed E-state index contributed by atoms with van der Waals surface area (Å²) in [7, 11) is 0. The van der Waals surface area contributed by atoms with Crippen LogP contribution in [0.15, 0.2) is 16.9 Å². The van der Waals surface area contributed by atoms with Crippen LogP contribution in [0.4, 0.5) is 0 Å². The highest BCUT2D eigenvalue weighted by Gasteiger charge is 2.35. The van der Waals surface area contributed by atoms with Crippen LogP contribution in [0.5, 0.6) is 0 Å². The van der Waals surface area contributed by atoms with Gasteiger partial charge in [-0.15, -0.1) is 0 Å². The monoisotopic (exact) mass is 278 g/mol.